The van der Waals surface area contributed by atoms with Gasteiger partial charge in [0.2, 0.25) is 0 Å². The summed E-state index contributed by atoms with van der Waals surface area (Å²) in [6, 6.07) is 6.54. The van der Waals surface area contributed by atoms with Gasteiger partial charge in [0.1, 0.15) is 5.75 Å². The number of methoxy groups -OCH3 is 1. The zero-order chi connectivity index (χ0) is 15.2. The molecule has 0 saturated carbocycles. The highest BCUT2D eigenvalue weighted by Crippen LogP contribution is 2.33. The zero-order valence-corrected chi connectivity index (χ0v) is 13.6. The molecule has 1 aromatic rings. The second kappa shape index (κ2) is 7.51. The molecule has 1 saturated heterocycles. The summed E-state index contributed by atoms with van der Waals surface area (Å²) in [7, 11) is 1.76. The summed E-state index contributed by atoms with van der Waals surface area (Å²) in [5.41, 5.74) is 2.47. The maximum atomic E-state index is 5.63. The Kier molecular flexibility index (Phi) is 5.68. The van der Waals surface area contributed by atoms with Crippen LogP contribution in [0.25, 0.3) is 0 Å². The smallest absolute Gasteiger partial charge is 0.142 e. The highest BCUT2D eigenvalue weighted by Gasteiger charge is 2.23. The summed E-state index contributed by atoms with van der Waals surface area (Å²) >= 11 is 0. The molecule has 2 atom stereocenters. The molecule has 2 unspecified atom stereocenters. The fraction of sp³-hybridized carbons (Fsp3) is 0.556. The Morgan fingerprint density at radius 3 is 2.67 bits per heavy atom. The molecule has 1 aliphatic heterocycles. The van der Waals surface area contributed by atoms with E-state index in [1.807, 2.05) is 6.08 Å². The van der Waals surface area contributed by atoms with Gasteiger partial charge in [-0.1, -0.05) is 26.0 Å². The Hall–Kier alpha value is -1.48. The number of piperidine rings is 1. The van der Waals surface area contributed by atoms with Gasteiger partial charge in [-0.25, -0.2) is 0 Å². The minimum Gasteiger partial charge on any atom is -0.495 e. The van der Waals surface area contributed by atoms with Gasteiger partial charge >= 0.3 is 0 Å². The summed E-state index contributed by atoms with van der Waals surface area (Å²) < 4.78 is 5.63. The number of benzene rings is 1. The van der Waals surface area contributed by atoms with Crippen molar-refractivity contribution >= 4 is 5.69 Å². The van der Waals surface area contributed by atoms with Gasteiger partial charge in [-0.2, -0.15) is 0 Å². The first-order chi connectivity index (χ1) is 10.1. The zero-order valence-electron chi connectivity index (χ0n) is 13.6. The van der Waals surface area contributed by atoms with Crippen molar-refractivity contribution in [2.75, 3.05) is 31.6 Å². The quantitative estimate of drug-likeness (QED) is 0.641. The lowest BCUT2D eigenvalue weighted by atomic mass is 9.91. The lowest BCUT2D eigenvalue weighted by molar-refractivity contribution is 0.351. The van der Waals surface area contributed by atoms with Crippen molar-refractivity contribution in [1.29, 1.82) is 0 Å². The van der Waals surface area contributed by atoms with E-state index in [0.717, 1.165) is 43.8 Å². The van der Waals surface area contributed by atoms with Gasteiger partial charge in [-0.3, -0.25) is 0 Å². The molecule has 0 amide bonds. The SMILES string of the molecule is C=CCNCc1ccc(N2CC(C)CC(C)C2)c(OC)c1. The van der Waals surface area contributed by atoms with Gasteiger partial charge in [0.05, 0.1) is 12.8 Å². The molecular weight excluding hydrogens is 260 g/mol. The van der Waals surface area contributed by atoms with Crippen molar-refractivity contribution in [3.8, 4) is 5.75 Å². The molecule has 1 fully saturated rings. The second-order valence-electron chi connectivity index (χ2n) is 6.28. The van der Waals surface area contributed by atoms with Gasteiger partial charge in [-0.15, -0.1) is 6.58 Å². The molecule has 1 heterocycles. The van der Waals surface area contributed by atoms with E-state index in [4.69, 9.17) is 4.74 Å². The maximum absolute atomic E-state index is 5.63. The largest absolute Gasteiger partial charge is 0.495 e. The van der Waals surface area contributed by atoms with Crippen LogP contribution in [-0.4, -0.2) is 26.7 Å². The third-order valence-electron chi connectivity index (χ3n) is 4.07. The Bertz CT molecular complexity index is 462. The molecule has 0 radical (unpaired) electrons. The van der Waals surface area contributed by atoms with Crippen LogP contribution in [0.3, 0.4) is 0 Å². The van der Waals surface area contributed by atoms with Crippen molar-refractivity contribution in [2.45, 2.75) is 26.8 Å². The fourth-order valence-electron chi connectivity index (χ4n) is 3.27. The Morgan fingerprint density at radius 2 is 2.05 bits per heavy atom. The number of rotatable bonds is 6. The molecule has 1 aliphatic rings. The Morgan fingerprint density at radius 1 is 1.33 bits per heavy atom. The minimum atomic E-state index is 0.743. The van der Waals surface area contributed by atoms with Crippen LogP contribution in [0.4, 0.5) is 5.69 Å². The number of hydrogen-bond acceptors (Lipinski definition) is 3. The maximum Gasteiger partial charge on any atom is 0.142 e. The first kappa shape index (κ1) is 15.9. The summed E-state index contributed by atoms with van der Waals surface area (Å²) in [5.74, 6) is 2.47. The molecule has 2 rings (SSSR count). The average molecular weight is 288 g/mol. The Labute approximate surface area is 129 Å². The average Bonchev–Trinajstić information content (AvgIpc) is 2.46. The van der Waals surface area contributed by atoms with Crippen LogP contribution in [0.2, 0.25) is 0 Å². The number of anilines is 1. The summed E-state index contributed by atoms with van der Waals surface area (Å²) in [5, 5.41) is 3.33. The van der Waals surface area contributed by atoms with Crippen LogP contribution in [0.1, 0.15) is 25.8 Å². The monoisotopic (exact) mass is 288 g/mol. The number of nitrogens with one attached hydrogen (secondary N) is 1. The topological polar surface area (TPSA) is 24.5 Å². The van der Waals surface area contributed by atoms with Gasteiger partial charge in [0, 0.05) is 26.2 Å². The van der Waals surface area contributed by atoms with Crippen molar-refractivity contribution in [1.82, 2.24) is 5.32 Å². The lowest BCUT2D eigenvalue weighted by Gasteiger charge is -2.37. The van der Waals surface area contributed by atoms with Crippen molar-refractivity contribution < 1.29 is 4.74 Å². The van der Waals surface area contributed by atoms with Gasteiger partial charge < -0.3 is 15.0 Å². The first-order valence-electron chi connectivity index (χ1n) is 7.87. The van der Waals surface area contributed by atoms with E-state index in [9.17, 15) is 0 Å². The predicted molar refractivity (Wildman–Crippen MR) is 90.1 cm³/mol. The van der Waals surface area contributed by atoms with Gasteiger partial charge in [-0.05, 0) is 36.0 Å². The van der Waals surface area contributed by atoms with E-state index in [-0.39, 0.29) is 0 Å². The van der Waals surface area contributed by atoms with Gasteiger partial charge in [0.15, 0.2) is 0 Å². The molecular formula is C18H28N2O. The molecule has 1 aromatic carbocycles. The van der Waals surface area contributed by atoms with E-state index in [1.165, 1.54) is 17.7 Å². The molecule has 3 heteroatoms. The van der Waals surface area contributed by atoms with Crippen molar-refractivity contribution in [3.63, 3.8) is 0 Å². The molecule has 0 spiro atoms. The molecule has 0 bridgehead atoms. The lowest BCUT2D eigenvalue weighted by Crippen LogP contribution is -2.38. The summed E-state index contributed by atoms with van der Waals surface area (Å²) in [6.07, 6.45) is 3.20. The van der Waals surface area contributed by atoms with Crippen molar-refractivity contribution in [2.24, 2.45) is 11.8 Å². The van der Waals surface area contributed by atoms with Crippen LogP contribution in [0.5, 0.6) is 5.75 Å². The Balaban J connectivity index is 2.13. The van der Waals surface area contributed by atoms with Crippen LogP contribution in [0, 0.1) is 11.8 Å². The summed E-state index contributed by atoms with van der Waals surface area (Å²) in [6.45, 7) is 12.3. The fourth-order valence-corrected chi connectivity index (χ4v) is 3.27. The molecule has 0 aliphatic carbocycles. The van der Waals surface area contributed by atoms with Crippen LogP contribution in [0.15, 0.2) is 30.9 Å². The molecule has 116 valence electrons. The van der Waals surface area contributed by atoms with E-state index >= 15 is 0 Å². The van der Waals surface area contributed by atoms with E-state index in [2.05, 4.69) is 48.8 Å². The molecule has 1 N–H and O–H groups in total. The number of ether oxygens (including phenoxy) is 1. The summed E-state index contributed by atoms with van der Waals surface area (Å²) in [4.78, 5) is 2.47. The molecule has 21 heavy (non-hydrogen) atoms. The van der Waals surface area contributed by atoms with Crippen LogP contribution >= 0.6 is 0 Å². The molecule has 3 nitrogen and oxygen atoms in total. The van der Waals surface area contributed by atoms with Gasteiger partial charge in [0.25, 0.3) is 0 Å². The highest BCUT2D eigenvalue weighted by atomic mass is 16.5. The minimum absolute atomic E-state index is 0.743. The predicted octanol–water partition coefficient (Wildman–Crippen LogP) is 3.45. The van der Waals surface area contributed by atoms with E-state index in [1.54, 1.807) is 7.11 Å². The number of nitrogens with zero attached hydrogens (tertiary/aromatic N) is 1. The standard InChI is InChI=1S/C18H28N2O/c1-5-8-19-11-16-6-7-17(18(10-16)21-4)20-12-14(2)9-15(3)13-20/h5-7,10,14-15,19H,1,8-9,11-13H2,2-4H3. The number of hydrogen-bond donors (Lipinski definition) is 1. The van der Waals surface area contributed by atoms with Crippen LogP contribution in [-0.2, 0) is 6.54 Å². The van der Waals surface area contributed by atoms with Crippen molar-refractivity contribution in [3.05, 3.63) is 36.4 Å². The third kappa shape index (κ3) is 4.24. The first-order valence-corrected chi connectivity index (χ1v) is 7.87. The third-order valence-corrected chi connectivity index (χ3v) is 4.07. The van der Waals surface area contributed by atoms with E-state index in [0.29, 0.717) is 0 Å². The van der Waals surface area contributed by atoms with Crippen LogP contribution < -0.4 is 15.0 Å². The molecule has 0 aromatic heterocycles. The van der Waals surface area contributed by atoms with E-state index < -0.39 is 0 Å². The second-order valence-corrected chi connectivity index (χ2v) is 6.28. The highest BCUT2D eigenvalue weighted by molar-refractivity contribution is 5.60. The normalized spacial score (nSPS) is 22.1.